The van der Waals surface area contributed by atoms with Gasteiger partial charge < -0.3 is 40.4 Å². The molecule has 13 nitrogen and oxygen atoms in total. The molecule has 2 aromatic carbocycles. The molecule has 3 aliphatic heterocycles. The number of hydrogen-bond acceptors (Lipinski definition) is 7. The van der Waals surface area contributed by atoms with E-state index in [-0.39, 0.29) is 23.9 Å². The maximum Gasteiger partial charge on any atom is 0.336 e. The van der Waals surface area contributed by atoms with Gasteiger partial charge in [0.2, 0.25) is 0 Å². The first-order valence-electron chi connectivity index (χ1n) is 16.1. The van der Waals surface area contributed by atoms with Crippen LogP contribution in [0.4, 0.5) is 4.79 Å². The normalized spacial score (nSPS) is 19.1. The number of nitrogens with zero attached hydrogens (tertiary/aromatic N) is 3. The van der Waals surface area contributed by atoms with Crippen LogP contribution in [-0.4, -0.2) is 116 Å². The van der Waals surface area contributed by atoms with Crippen molar-refractivity contribution < 1.29 is 44.4 Å². The fraction of sp³-hybridized carbons (Fsp3) is 0.500. The first-order valence-corrected chi connectivity index (χ1v) is 16.9. The minimum atomic E-state index is -2.74. The number of carboxylic acid groups (broad SMARTS) is 3. The average Bonchev–Trinajstić information content (AvgIpc) is 3.27. The Morgan fingerprint density at radius 3 is 2.18 bits per heavy atom. The molecular weight excluding hydrogens is 679 g/mol. The van der Waals surface area contributed by atoms with Crippen LogP contribution < -0.4 is 5.32 Å². The molecule has 0 aromatic heterocycles. The summed E-state index contributed by atoms with van der Waals surface area (Å²) < 4.78 is 0. The van der Waals surface area contributed by atoms with Crippen molar-refractivity contribution in [3.8, 4) is 0 Å². The molecule has 266 valence electrons. The van der Waals surface area contributed by atoms with Gasteiger partial charge in [-0.2, -0.15) is 0 Å². The topological polar surface area (TPSA) is 188 Å². The third kappa shape index (κ3) is 9.21. The predicted octanol–water partition coefficient (Wildman–Crippen LogP) is 4.23. The van der Waals surface area contributed by atoms with Crippen molar-refractivity contribution in [3.05, 3.63) is 68.7 Å². The number of aryl methyl sites for hydroxylation is 1. The Kier molecular flexibility index (Phi) is 12.5. The lowest BCUT2D eigenvalue weighted by atomic mass is 9.84. The Morgan fingerprint density at radius 2 is 1.61 bits per heavy atom. The summed E-state index contributed by atoms with van der Waals surface area (Å²) in [6.45, 7) is 6.52. The van der Waals surface area contributed by atoms with E-state index in [1.54, 1.807) is 0 Å². The van der Waals surface area contributed by atoms with Gasteiger partial charge in [0.25, 0.3) is 5.91 Å². The number of likely N-dealkylation sites (N-methyl/N-ethyl adjacent to an activating group) is 1. The predicted molar refractivity (Wildman–Crippen MR) is 181 cm³/mol. The third-order valence-electron chi connectivity index (χ3n) is 9.40. The second-order valence-electron chi connectivity index (χ2n) is 12.8. The van der Waals surface area contributed by atoms with E-state index in [1.807, 2.05) is 48.0 Å². The van der Waals surface area contributed by atoms with E-state index >= 15 is 0 Å². The van der Waals surface area contributed by atoms with Crippen LogP contribution in [0.2, 0.25) is 10.0 Å². The van der Waals surface area contributed by atoms with Crippen LogP contribution in [0.1, 0.15) is 77.5 Å². The van der Waals surface area contributed by atoms with Gasteiger partial charge in [-0.05, 0) is 68.5 Å². The molecule has 3 amide bonds. The summed E-state index contributed by atoms with van der Waals surface area (Å²) in [6, 6.07) is 12.4. The monoisotopic (exact) mass is 720 g/mol. The number of carbonyl (C=O) groups excluding carboxylic acids is 2. The Morgan fingerprint density at radius 1 is 0.959 bits per heavy atom. The number of benzene rings is 2. The fourth-order valence-corrected chi connectivity index (χ4v) is 7.17. The molecule has 2 fully saturated rings. The zero-order chi connectivity index (χ0) is 36.0. The molecule has 49 heavy (non-hydrogen) atoms. The van der Waals surface area contributed by atoms with E-state index in [9.17, 15) is 24.0 Å². The lowest BCUT2D eigenvalue weighted by molar-refractivity contribution is -0.170. The molecular formula is C34H42Cl2N4O9. The number of carboxylic acids is 3. The minimum Gasteiger partial charge on any atom is -0.481 e. The van der Waals surface area contributed by atoms with Crippen molar-refractivity contribution >= 4 is 53.0 Å². The molecule has 2 atom stereocenters. The summed E-state index contributed by atoms with van der Waals surface area (Å²) >= 11 is 12.7. The zero-order valence-electron chi connectivity index (χ0n) is 27.4. The van der Waals surface area contributed by atoms with Gasteiger partial charge in [-0.15, -0.1) is 0 Å². The van der Waals surface area contributed by atoms with Gasteiger partial charge in [0.15, 0.2) is 5.60 Å². The number of hydrogen-bond donors (Lipinski definition) is 5. The number of nitrogens with one attached hydrogen (secondary N) is 1. The maximum atomic E-state index is 13.2. The van der Waals surface area contributed by atoms with Gasteiger partial charge in [0, 0.05) is 50.7 Å². The van der Waals surface area contributed by atoms with E-state index in [2.05, 4.69) is 22.3 Å². The van der Waals surface area contributed by atoms with Crippen LogP contribution in [0.25, 0.3) is 0 Å². The highest BCUT2D eigenvalue weighted by Crippen LogP contribution is 2.45. The van der Waals surface area contributed by atoms with Crippen molar-refractivity contribution in [1.82, 2.24) is 20.0 Å². The van der Waals surface area contributed by atoms with Gasteiger partial charge >= 0.3 is 23.9 Å². The van der Waals surface area contributed by atoms with Crippen LogP contribution in [-0.2, 0) is 14.4 Å². The fourth-order valence-electron chi connectivity index (χ4n) is 6.86. The summed E-state index contributed by atoms with van der Waals surface area (Å²) in [5.41, 5.74) is 1.33. The quantitative estimate of drug-likeness (QED) is 0.225. The molecule has 0 radical (unpaired) electrons. The smallest absolute Gasteiger partial charge is 0.336 e. The van der Waals surface area contributed by atoms with E-state index < -0.39 is 36.4 Å². The Balaban J connectivity index is 0.000000355. The van der Waals surface area contributed by atoms with Gasteiger partial charge in [-0.3, -0.25) is 14.4 Å². The second kappa shape index (κ2) is 16.2. The first-order chi connectivity index (χ1) is 23.1. The summed E-state index contributed by atoms with van der Waals surface area (Å²) in [4.78, 5) is 62.3. The third-order valence-corrected chi connectivity index (χ3v) is 10.1. The number of piperidine rings is 1. The molecule has 3 aliphatic rings. The Bertz CT molecular complexity index is 1560. The standard InChI is InChI=1S/C28H34Cl2N4O2.C6H8O7/c1-18-4-6-22-23(16-18)27(35)32(2)26(22)21(19-5-7-24(29)25(30)17-19)10-15-33-13-8-20(9-14-33)34-12-3-11-31-28(34)36;7-3(8)1-6(13,5(11)12)2-4(9)10/h4-7,16-17,20-21,26H,3,8-15H2,1-2H3,(H,31,36);13H,1-2H2,(H,7,8)(H,9,10)(H,11,12). The average molecular weight is 722 g/mol. The molecule has 5 N–H and O–H groups in total. The highest BCUT2D eigenvalue weighted by molar-refractivity contribution is 6.42. The van der Waals surface area contributed by atoms with Crippen LogP contribution in [0.3, 0.4) is 0 Å². The van der Waals surface area contributed by atoms with Crippen LogP contribution in [0, 0.1) is 6.92 Å². The number of amides is 3. The number of aliphatic carboxylic acids is 3. The van der Waals surface area contributed by atoms with Crippen molar-refractivity contribution in [2.24, 2.45) is 0 Å². The minimum absolute atomic E-state index is 0.0556. The van der Waals surface area contributed by atoms with Crippen molar-refractivity contribution in [3.63, 3.8) is 0 Å². The summed E-state index contributed by atoms with van der Waals surface area (Å²) in [5.74, 6) is -4.86. The number of rotatable bonds is 11. The number of urea groups is 1. The van der Waals surface area contributed by atoms with Crippen LogP contribution in [0.15, 0.2) is 36.4 Å². The molecule has 3 heterocycles. The van der Waals surface area contributed by atoms with E-state index in [0.29, 0.717) is 16.1 Å². The lowest BCUT2D eigenvalue weighted by Crippen LogP contribution is -2.54. The molecule has 0 spiro atoms. The number of aliphatic hydroxyl groups is 1. The Labute approximate surface area is 294 Å². The van der Waals surface area contributed by atoms with Gasteiger partial charge in [0.1, 0.15) is 0 Å². The molecule has 15 heteroatoms. The summed E-state index contributed by atoms with van der Waals surface area (Å²) in [6.07, 6.45) is 1.61. The van der Waals surface area contributed by atoms with Crippen LogP contribution in [0.5, 0.6) is 0 Å². The Hall–Kier alpha value is -3.91. The van der Waals surface area contributed by atoms with E-state index in [4.69, 9.17) is 43.6 Å². The first kappa shape index (κ1) is 37.9. The molecule has 0 saturated carbocycles. The molecule has 2 saturated heterocycles. The molecule has 2 aromatic rings. The number of fused-ring (bicyclic) bond motifs is 1. The maximum absolute atomic E-state index is 13.2. The number of likely N-dealkylation sites (tertiary alicyclic amines) is 1. The molecule has 0 aliphatic carbocycles. The molecule has 2 unspecified atom stereocenters. The second-order valence-corrected chi connectivity index (χ2v) is 13.7. The van der Waals surface area contributed by atoms with E-state index in [1.165, 1.54) is 0 Å². The highest BCUT2D eigenvalue weighted by Gasteiger charge is 2.41. The molecule has 5 rings (SSSR count). The SMILES string of the molecule is Cc1ccc2c(c1)C(=O)N(C)C2C(CCN1CCC(N2CCCNC2=O)CC1)c1ccc(Cl)c(Cl)c1.O=C(O)CC(O)(CC(=O)O)C(=O)O. The lowest BCUT2D eigenvalue weighted by Gasteiger charge is -2.40. The van der Waals surface area contributed by atoms with Crippen molar-refractivity contribution in [2.75, 3.05) is 39.8 Å². The van der Waals surface area contributed by atoms with Gasteiger partial charge in [-0.1, -0.05) is 47.0 Å². The zero-order valence-corrected chi connectivity index (χ0v) is 28.9. The van der Waals surface area contributed by atoms with Gasteiger partial charge in [0.05, 0.1) is 28.9 Å². The van der Waals surface area contributed by atoms with Crippen molar-refractivity contribution in [2.45, 2.75) is 69.1 Å². The summed E-state index contributed by atoms with van der Waals surface area (Å²) in [7, 11) is 1.90. The highest BCUT2D eigenvalue weighted by atomic mass is 35.5. The summed E-state index contributed by atoms with van der Waals surface area (Å²) in [5, 5.41) is 37.9. The number of halogens is 2. The van der Waals surface area contributed by atoms with Crippen LogP contribution >= 0.6 is 23.2 Å². The largest absolute Gasteiger partial charge is 0.481 e. The van der Waals surface area contributed by atoms with Crippen molar-refractivity contribution in [1.29, 1.82) is 0 Å². The van der Waals surface area contributed by atoms with Gasteiger partial charge in [-0.25, -0.2) is 9.59 Å². The van der Waals surface area contributed by atoms with E-state index in [0.717, 1.165) is 80.7 Å². The number of carbonyl (C=O) groups is 5. The molecule has 0 bridgehead atoms.